The fourth-order valence-corrected chi connectivity index (χ4v) is 0.550. The highest BCUT2D eigenvalue weighted by Gasteiger charge is 2.39. The average Bonchev–Trinajstić information content (AvgIpc) is 2.34. The largest absolute Gasteiger partial charge is 0.409 e. The van der Waals surface area contributed by atoms with Crippen LogP contribution < -0.4 is 5.73 Å². The number of halogens is 3. The first-order valence-electron chi connectivity index (χ1n) is 2.74. The van der Waals surface area contributed by atoms with E-state index in [9.17, 15) is 13.2 Å². The van der Waals surface area contributed by atoms with Gasteiger partial charge >= 0.3 is 6.18 Å². The third-order valence-corrected chi connectivity index (χ3v) is 1.13. The molecule has 0 aliphatic heterocycles. The third kappa shape index (κ3) is 1.70. The van der Waals surface area contributed by atoms with E-state index in [1.807, 2.05) is 0 Å². The molecule has 1 atom stereocenters. The predicted molar refractivity (Wildman–Crippen MR) is 29.5 cm³/mol. The van der Waals surface area contributed by atoms with Gasteiger partial charge in [-0.15, -0.1) is 0 Å². The van der Waals surface area contributed by atoms with Crippen LogP contribution in [-0.2, 0) is 0 Å². The second-order valence-electron chi connectivity index (χ2n) is 1.94. The highest BCUT2D eigenvalue weighted by Crippen LogP contribution is 2.28. The average molecular weight is 166 g/mol. The van der Waals surface area contributed by atoms with Crippen molar-refractivity contribution in [2.24, 2.45) is 5.73 Å². The summed E-state index contributed by atoms with van der Waals surface area (Å²) < 4.78 is 39.6. The summed E-state index contributed by atoms with van der Waals surface area (Å²) in [6, 6.07) is -0.973. The van der Waals surface area contributed by atoms with Crippen molar-refractivity contribution in [3.63, 3.8) is 0 Å². The van der Waals surface area contributed by atoms with Crippen LogP contribution in [0, 0.1) is 0 Å². The molecule has 0 spiro atoms. The minimum Gasteiger partial charge on any atom is -0.364 e. The lowest BCUT2D eigenvalue weighted by Gasteiger charge is -2.11. The molecule has 0 saturated carbocycles. The molecule has 1 unspecified atom stereocenters. The number of nitrogens with zero attached hydrogens (tertiary/aromatic N) is 1. The Kier molecular flexibility index (Phi) is 1.86. The summed E-state index contributed by atoms with van der Waals surface area (Å²) in [6.45, 7) is 0. The second-order valence-corrected chi connectivity index (χ2v) is 1.94. The Morgan fingerprint density at radius 2 is 2.18 bits per heavy atom. The van der Waals surface area contributed by atoms with Crippen LogP contribution >= 0.6 is 0 Å². The van der Waals surface area contributed by atoms with Gasteiger partial charge in [-0.25, -0.2) is 0 Å². The van der Waals surface area contributed by atoms with E-state index in [2.05, 4.69) is 9.68 Å². The van der Waals surface area contributed by atoms with Crippen molar-refractivity contribution in [1.82, 2.24) is 5.16 Å². The maximum atomic E-state index is 11.8. The molecule has 0 aliphatic carbocycles. The predicted octanol–water partition coefficient (Wildman–Crippen LogP) is 1.24. The summed E-state index contributed by atoms with van der Waals surface area (Å²) >= 11 is 0. The minimum absolute atomic E-state index is 0.308. The Hall–Kier alpha value is -1.04. The van der Waals surface area contributed by atoms with Gasteiger partial charge in [0.05, 0.1) is 0 Å². The van der Waals surface area contributed by atoms with E-state index >= 15 is 0 Å². The van der Waals surface area contributed by atoms with Gasteiger partial charge in [0.2, 0.25) is 0 Å². The highest BCUT2D eigenvalue weighted by molar-refractivity contribution is 5.04. The molecule has 0 aromatic carbocycles. The molecule has 0 fully saturated rings. The number of hydrogen-bond donors (Lipinski definition) is 1. The van der Waals surface area contributed by atoms with Crippen molar-refractivity contribution in [3.05, 3.63) is 18.0 Å². The van der Waals surface area contributed by atoms with Crippen molar-refractivity contribution in [3.8, 4) is 0 Å². The molecule has 11 heavy (non-hydrogen) atoms. The Labute approximate surface area is 60.0 Å². The monoisotopic (exact) mass is 166 g/mol. The van der Waals surface area contributed by atoms with Crippen LogP contribution in [0.4, 0.5) is 13.2 Å². The Morgan fingerprint density at radius 3 is 2.55 bits per heavy atom. The maximum Gasteiger partial charge on any atom is 0.409 e. The summed E-state index contributed by atoms with van der Waals surface area (Å²) in [6.07, 6.45) is -3.42. The van der Waals surface area contributed by atoms with E-state index in [1.54, 1.807) is 0 Å². The second kappa shape index (κ2) is 2.54. The summed E-state index contributed by atoms with van der Waals surface area (Å²) in [4.78, 5) is 0. The molecule has 3 nitrogen and oxygen atoms in total. The van der Waals surface area contributed by atoms with Crippen molar-refractivity contribution < 1.29 is 17.7 Å². The fraction of sp³-hybridized carbons (Fsp3) is 0.400. The van der Waals surface area contributed by atoms with Crippen LogP contribution in [-0.4, -0.2) is 11.3 Å². The molecule has 1 heterocycles. The molecule has 1 rings (SSSR count). The molecule has 2 N–H and O–H groups in total. The zero-order chi connectivity index (χ0) is 8.48. The van der Waals surface area contributed by atoms with Gasteiger partial charge in [-0.3, -0.25) is 0 Å². The lowest BCUT2D eigenvalue weighted by Crippen LogP contribution is -2.28. The number of alkyl halides is 3. The van der Waals surface area contributed by atoms with Crippen LogP contribution in [0.2, 0.25) is 0 Å². The van der Waals surface area contributed by atoms with Crippen LogP contribution in [0.25, 0.3) is 0 Å². The Balaban J connectivity index is 2.78. The molecule has 0 amide bonds. The van der Waals surface area contributed by atoms with E-state index in [-0.39, 0.29) is 5.69 Å². The SMILES string of the molecule is NC(c1ccon1)C(F)(F)F. The van der Waals surface area contributed by atoms with Gasteiger partial charge in [0.1, 0.15) is 18.0 Å². The lowest BCUT2D eigenvalue weighted by atomic mass is 10.2. The van der Waals surface area contributed by atoms with E-state index < -0.39 is 12.2 Å². The zero-order valence-electron chi connectivity index (χ0n) is 5.30. The molecule has 1 aromatic heterocycles. The van der Waals surface area contributed by atoms with Gasteiger partial charge in [-0.05, 0) is 0 Å². The highest BCUT2D eigenvalue weighted by atomic mass is 19.4. The van der Waals surface area contributed by atoms with Crippen LogP contribution in [0.15, 0.2) is 16.9 Å². The lowest BCUT2D eigenvalue weighted by molar-refractivity contribution is -0.150. The van der Waals surface area contributed by atoms with Gasteiger partial charge in [-0.2, -0.15) is 13.2 Å². The van der Waals surface area contributed by atoms with Crippen LogP contribution in [0.5, 0.6) is 0 Å². The number of hydrogen-bond acceptors (Lipinski definition) is 3. The molecule has 0 aliphatic rings. The molecule has 62 valence electrons. The van der Waals surface area contributed by atoms with Crippen molar-refractivity contribution in [2.75, 3.05) is 0 Å². The number of rotatable bonds is 1. The number of aromatic nitrogens is 1. The topological polar surface area (TPSA) is 52.0 Å². The first-order valence-corrected chi connectivity index (χ1v) is 2.74. The van der Waals surface area contributed by atoms with E-state index in [0.717, 1.165) is 12.3 Å². The fourth-order valence-electron chi connectivity index (χ4n) is 0.550. The molecular formula is C5H5F3N2O. The molecule has 1 aromatic rings. The molecule has 0 radical (unpaired) electrons. The normalized spacial score (nSPS) is 14.9. The number of nitrogens with two attached hydrogens (primary N) is 1. The maximum absolute atomic E-state index is 11.8. The summed E-state index contributed by atoms with van der Waals surface area (Å²) in [5.74, 6) is 0. The van der Waals surface area contributed by atoms with Crippen LogP contribution in [0.3, 0.4) is 0 Å². The van der Waals surface area contributed by atoms with Crippen molar-refractivity contribution >= 4 is 0 Å². The van der Waals surface area contributed by atoms with Gasteiger partial charge in [0.15, 0.2) is 0 Å². The smallest absolute Gasteiger partial charge is 0.364 e. The van der Waals surface area contributed by atoms with Gasteiger partial charge in [0, 0.05) is 6.07 Å². The molecule has 6 heteroatoms. The summed E-state index contributed by atoms with van der Waals surface area (Å²) in [7, 11) is 0. The minimum atomic E-state index is -4.46. The Bertz CT molecular complexity index is 218. The first kappa shape index (κ1) is 8.06. The van der Waals surface area contributed by atoms with E-state index in [4.69, 9.17) is 5.73 Å². The van der Waals surface area contributed by atoms with Crippen LogP contribution in [0.1, 0.15) is 11.7 Å². The van der Waals surface area contributed by atoms with Gasteiger partial charge < -0.3 is 10.3 Å². The van der Waals surface area contributed by atoms with E-state index in [0.29, 0.717) is 0 Å². The van der Waals surface area contributed by atoms with Crippen molar-refractivity contribution in [2.45, 2.75) is 12.2 Å². The Morgan fingerprint density at radius 1 is 1.55 bits per heavy atom. The first-order chi connectivity index (χ1) is 5.02. The summed E-state index contributed by atoms with van der Waals surface area (Å²) in [5.41, 5.74) is 4.46. The van der Waals surface area contributed by atoms with Gasteiger partial charge in [-0.1, -0.05) is 5.16 Å². The van der Waals surface area contributed by atoms with Gasteiger partial charge in [0.25, 0.3) is 0 Å². The van der Waals surface area contributed by atoms with Crippen molar-refractivity contribution in [1.29, 1.82) is 0 Å². The molecular weight excluding hydrogens is 161 g/mol. The summed E-state index contributed by atoms with van der Waals surface area (Å²) in [5, 5.41) is 3.06. The zero-order valence-corrected chi connectivity index (χ0v) is 5.30. The molecule has 0 bridgehead atoms. The van der Waals surface area contributed by atoms with E-state index in [1.165, 1.54) is 0 Å². The molecule has 0 saturated heterocycles. The third-order valence-electron chi connectivity index (χ3n) is 1.13. The quantitative estimate of drug-likeness (QED) is 0.682. The standard InChI is InChI=1S/C5H5F3N2O/c6-5(7,8)4(9)3-1-2-11-10-3/h1-2,4H,9H2.